The van der Waals surface area contributed by atoms with Gasteiger partial charge in [-0.3, -0.25) is 4.79 Å². The molecule has 2 aromatic carbocycles. The molecule has 0 aliphatic rings. The smallest absolute Gasteiger partial charge is 0.230 e. The fourth-order valence-electron chi connectivity index (χ4n) is 2.32. The molecule has 0 aromatic heterocycles. The number of carbonyl (C=O) groups excluding carboxylic acids is 1. The van der Waals surface area contributed by atoms with E-state index >= 15 is 0 Å². The van der Waals surface area contributed by atoms with Crippen LogP contribution in [0.2, 0.25) is 10.0 Å². The van der Waals surface area contributed by atoms with Crippen molar-refractivity contribution in [3.63, 3.8) is 0 Å². The maximum absolute atomic E-state index is 12.1. The Labute approximate surface area is 157 Å². The van der Waals surface area contributed by atoms with E-state index in [4.69, 9.17) is 23.2 Å². The molecular weight excluding hydrogens is 361 g/mol. The van der Waals surface area contributed by atoms with E-state index in [2.05, 4.69) is 36.5 Å². The van der Waals surface area contributed by atoms with Crippen LogP contribution >= 0.6 is 35.0 Å². The van der Waals surface area contributed by atoms with Crippen LogP contribution in [0.4, 0.5) is 0 Å². The first-order valence-electron chi connectivity index (χ1n) is 7.90. The average Bonchev–Trinajstić information content (AvgIpc) is 2.57. The minimum atomic E-state index is -0.00657. The van der Waals surface area contributed by atoms with Crippen molar-refractivity contribution in [2.24, 2.45) is 0 Å². The van der Waals surface area contributed by atoms with Crippen LogP contribution < -0.4 is 5.32 Å². The van der Waals surface area contributed by atoms with Gasteiger partial charge < -0.3 is 5.32 Å². The van der Waals surface area contributed by atoms with Crippen LogP contribution in [-0.2, 0) is 17.0 Å². The molecule has 1 N–H and O–H groups in total. The number of thioether (sulfide) groups is 1. The highest BCUT2D eigenvalue weighted by atomic mass is 35.5. The van der Waals surface area contributed by atoms with E-state index in [9.17, 15) is 4.79 Å². The van der Waals surface area contributed by atoms with Gasteiger partial charge in [-0.15, -0.1) is 11.8 Å². The molecule has 2 aromatic rings. The van der Waals surface area contributed by atoms with Gasteiger partial charge in [0.1, 0.15) is 0 Å². The Morgan fingerprint density at radius 3 is 2.33 bits per heavy atom. The zero-order valence-corrected chi connectivity index (χ0v) is 16.1. The minimum absolute atomic E-state index is 0.00657. The Morgan fingerprint density at radius 2 is 1.75 bits per heavy atom. The number of aryl methyl sites for hydroxylation is 1. The number of benzene rings is 2. The van der Waals surface area contributed by atoms with Crippen LogP contribution in [0.3, 0.4) is 0 Å². The van der Waals surface area contributed by atoms with Gasteiger partial charge in [0, 0.05) is 15.8 Å². The first-order chi connectivity index (χ1) is 11.5. The molecule has 128 valence electrons. The van der Waals surface area contributed by atoms with E-state index in [1.807, 2.05) is 25.1 Å². The monoisotopic (exact) mass is 381 g/mol. The largest absolute Gasteiger partial charge is 0.349 e. The average molecular weight is 382 g/mol. The lowest BCUT2D eigenvalue weighted by Crippen LogP contribution is -2.28. The Balaban J connectivity index is 1.82. The predicted octanol–water partition coefficient (Wildman–Crippen LogP) is 5.67. The lowest BCUT2D eigenvalue weighted by atomic mass is 10.1. The number of carbonyl (C=O) groups is 1. The second-order valence-corrected chi connectivity index (χ2v) is 7.38. The molecule has 2 rings (SSSR count). The van der Waals surface area contributed by atoms with E-state index in [1.165, 1.54) is 17.3 Å². The van der Waals surface area contributed by atoms with Crippen LogP contribution in [0.5, 0.6) is 0 Å². The SMILES string of the molecule is CCc1ccc([C@H](C)NC(=O)CSCc2c(Cl)cccc2Cl)cc1. The predicted molar refractivity (Wildman–Crippen MR) is 105 cm³/mol. The minimum Gasteiger partial charge on any atom is -0.349 e. The van der Waals surface area contributed by atoms with Crippen molar-refractivity contribution < 1.29 is 4.79 Å². The zero-order chi connectivity index (χ0) is 17.5. The van der Waals surface area contributed by atoms with Crippen molar-refractivity contribution in [2.75, 3.05) is 5.75 Å². The highest BCUT2D eigenvalue weighted by Gasteiger charge is 2.11. The molecule has 0 aliphatic carbocycles. The molecule has 0 spiro atoms. The maximum atomic E-state index is 12.1. The molecule has 0 fully saturated rings. The Hall–Kier alpha value is -1.16. The lowest BCUT2D eigenvalue weighted by molar-refractivity contribution is -0.119. The zero-order valence-electron chi connectivity index (χ0n) is 13.8. The third-order valence-corrected chi connectivity index (χ3v) is 5.47. The van der Waals surface area contributed by atoms with Crippen LogP contribution in [-0.4, -0.2) is 11.7 Å². The molecule has 0 unspecified atom stereocenters. The third-order valence-electron chi connectivity index (χ3n) is 3.81. The van der Waals surface area contributed by atoms with Gasteiger partial charge in [-0.2, -0.15) is 0 Å². The fraction of sp³-hybridized carbons (Fsp3) is 0.316. The van der Waals surface area contributed by atoms with Gasteiger partial charge in [0.05, 0.1) is 11.8 Å². The Bertz CT molecular complexity index is 668. The quantitative estimate of drug-likeness (QED) is 0.669. The van der Waals surface area contributed by atoms with E-state index in [-0.39, 0.29) is 11.9 Å². The van der Waals surface area contributed by atoms with Crippen LogP contribution in [0.1, 0.15) is 36.6 Å². The number of halogens is 2. The summed E-state index contributed by atoms with van der Waals surface area (Å²) in [4.78, 5) is 12.1. The molecule has 0 radical (unpaired) electrons. The number of rotatable bonds is 7. The van der Waals surface area contributed by atoms with Gasteiger partial charge in [0.25, 0.3) is 0 Å². The molecule has 24 heavy (non-hydrogen) atoms. The number of amides is 1. The maximum Gasteiger partial charge on any atom is 0.230 e. The van der Waals surface area contributed by atoms with E-state index in [1.54, 1.807) is 0 Å². The highest BCUT2D eigenvalue weighted by molar-refractivity contribution is 7.99. The van der Waals surface area contributed by atoms with Crippen molar-refractivity contribution in [3.05, 3.63) is 69.2 Å². The lowest BCUT2D eigenvalue weighted by Gasteiger charge is -2.15. The summed E-state index contributed by atoms with van der Waals surface area (Å²) >= 11 is 13.8. The van der Waals surface area contributed by atoms with Gasteiger partial charge in [-0.1, -0.05) is 60.5 Å². The first kappa shape index (κ1) is 19.2. The number of hydrogen-bond acceptors (Lipinski definition) is 2. The van der Waals surface area contributed by atoms with Gasteiger partial charge in [0.2, 0.25) is 5.91 Å². The standard InChI is InChI=1S/C19H21Cl2NOS/c1-3-14-7-9-15(10-8-14)13(2)22-19(23)12-24-11-16-17(20)5-4-6-18(16)21/h4-10,13H,3,11-12H2,1-2H3,(H,22,23)/t13-/m0/s1. The summed E-state index contributed by atoms with van der Waals surface area (Å²) < 4.78 is 0. The normalized spacial score (nSPS) is 12.0. The van der Waals surface area contributed by atoms with E-state index in [0.717, 1.165) is 17.5 Å². The van der Waals surface area contributed by atoms with Crippen molar-refractivity contribution in [1.82, 2.24) is 5.32 Å². The Kier molecular flexibility index (Phi) is 7.47. The summed E-state index contributed by atoms with van der Waals surface area (Å²) in [5.74, 6) is 1.00. The van der Waals surface area contributed by atoms with Crippen molar-refractivity contribution >= 4 is 40.9 Å². The van der Waals surface area contributed by atoms with Crippen LogP contribution in [0.15, 0.2) is 42.5 Å². The summed E-state index contributed by atoms with van der Waals surface area (Å²) in [5.41, 5.74) is 3.28. The molecular formula is C19H21Cl2NOS. The van der Waals surface area contributed by atoms with Crippen LogP contribution in [0, 0.1) is 0 Å². The van der Waals surface area contributed by atoms with Crippen LogP contribution in [0.25, 0.3) is 0 Å². The van der Waals surface area contributed by atoms with Gasteiger partial charge in [-0.05, 0) is 42.2 Å². The molecule has 1 amide bonds. The molecule has 0 bridgehead atoms. The summed E-state index contributed by atoms with van der Waals surface area (Å²) in [7, 11) is 0. The fourth-order valence-corrected chi connectivity index (χ4v) is 3.90. The van der Waals surface area contributed by atoms with Crippen molar-refractivity contribution in [2.45, 2.75) is 32.1 Å². The summed E-state index contributed by atoms with van der Waals surface area (Å²) in [6, 6.07) is 13.8. The topological polar surface area (TPSA) is 29.1 Å². The van der Waals surface area contributed by atoms with E-state index < -0.39 is 0 Å². The van der Waals surface area contributed by atoms with Crippen molar-refractivity contribution in [3.8, 4) is 0 Å². The molecule has 0 saturated carbocycles. The molecule has 0 heterocycles. The molecule has 2 nitrogen and oxygen atoms in total. The second-order valence-electron chi connectivity index (χ2n) is 5.58. The highest BCUT2D eigenvalue weighted by Crippen LogP contribution is 2.28. The van der Waals surface area contributed by atoms with Gasteiger partial charge in [-0.25, -0.2) is 0 Å². The van der Waals surface area contributed by atoms with E-state index in [0.29, 0.717) is 21.6 Å². The second kappa shape index (κ2) is 9.36. The molecule has 5 heteroatoms. The summed E-state index contributed by atoms with van der Waals surface area (Å²) in [6.07, 6.45) is 1.02. The molecule has 1 atom stereocenters. The third kappa shape index (κ3) is 5.44. The van der Waals surface area contributed by atoms with Gasteiger partial charge >= 0.3 is 0 Å². The van der Waals surface area contributed by atoms with Gasteiger partial charge in [0.15, 0.2) is 0 Å². The summed E-state index contributed by atoms with van der Waals surface area (Å²) in [5, 5.41) is 4.30. The van der Waals surface area contributed by atoms with Crippen molar-refractivity contribution in [1.29, 1.82) is 0 Å². The molecule has 0 saturated heterocycles. The Morgan fingerprint density at radius 1 is 1.12 bits per heavy atom. The number of nitrogens with one attached hydrogen (secondary N) is 1. The molecule has 0 aliphatic heterocycles. The first-order valence-corrected chi connectivity index (χ1v) is 9.81. The number of hydrogen-bond donors (Lipinski definition) is 1. The summed E-state index contributed by atoms with van der Waals surface area (Å²) in [6.45, 7) is 4.12.